The molecule has 1 fully saturated rings. The number of likely N-dealkylation sites (tertiary alicyclic amines) is 1. The van der Waals surface area contributed by atoms with Gasteiger partial charge in [-0.25, -0.2) is 0 Å². The molecule has 98 valence electrons. The molecular formula is C14H20N2O2. The van der Waals surface area contributed by atoms with E-state index in [1.807, 2.05) is 30.3 Å². The highest BCUT2D eigenvalue weighted by atomic mass is 16.4. The summed E-state index contributed by atoms with van der Waals surface area (Å²) in [6.45, 7) is 2.30. The third kappa shape index (κ3) is 3.31. The molecule has 0 bridgehead atoms. The van der Waals surface area contributed by atoms with Gasteiger partial charge in [-0.3, -0.25) is 4.79 Å². The van der Waals surface area contributed by atoms with Crippen molar-refractivity contribution in [2.45, 2.75) is 24.8 Å². The van der Waals surface area contributed by atoms with Crippen LogP contribution >= 0.6 is 0 Å². The van der Waals surface area contributed by atoms with Gasteiger partial charge in [0.05, 0.1) is 5.92 Å². The summed E-state index contributed by atoms with van der Waals surface area (Å²) in [7, 11) is 0. The maximum atomic E-state index is 11.4. The number of piperidine rings is 1. The molecule has 1 heterocycles. The maximum absolute atomic E-state index is 11.4. The molecule has 3 N–H and O–H groups in total. The molecule has 0 aromatic heterocycles. The van der Waals surface area contributed by atoms with Crippen molar-refractivity contribution in [3.63, 3.8) is 0 Å². The van der Waals surface area contributed by atoms with Crippen LogP contribution in [0.15, 0.2) is 30.3 Å². The van der Waals surface area contributed by atoms with Crippen LogP contribution in [0.4, 0.5) is 0 Å². The van der Waals surface area contributed by atoms with Crippen molar-refractivity contribution < 1.29 is 9.90 Å². The summed E-state index contributed by atoms with van der Waals surface area (Å²) in [6, 6.07) is 9.61. The van der Waals surface area contributed by atoms with Gasteiger partial charge in [-0.05, 0) is 24.9 Å². The van der Waals surface area contributed by atoms with Gasteiger partial charge >= 0.3 is 5.97 Å². The first-order valence-corrected chi connectivity index (χ1v) is 6.42. The lowest BCUT2D eigenvalue weighted by Crippen LogP contribution is -2.45. The summed E-state index contributed by atoms with van der Waals surface area (Å²) in [4.78, 5) is 13.6. The summed E-state index contributed by atoms with van der Waals surface area (Å²) < 4.78 is 0. The Kier molecular flexibility index (Phi) is 4.33. The summed E-state index contributed by atoms with van der Waals surface area (Å²) >= 11 is 0. The Balaban J connectivity index is 2.05. The Morgan fingerprint density at radius 1 is 1.44 bits per heavy atom. The molecule has 0 spiro atoms. The van der Waals surface area contributed by atoms with Crippen molar-refractivity contribution in [2.24, 2.45) is 5.73 Å². The van der Waals surface area contributed by atoms with Gasteiger partial charge in [0.2, 0.25) is 0 Å². The second kappa shape index (κ2) is 5.98. The SMILES string of the molecule is N[C@@H]1CCCN(CC(C(=O)O)c2ccccc2)C1. The third-order valence-corrected chi connectivity index (χ3v) is 3.48. The number of hydrogen-bond donors (Lipinski definition) is 2. The molecule has 0 aliphatic carbocycles. The topological polar surface area (TPSA) is 66.6 Å². The van der Waals surface area contributed by atoms with Gasteiger partial charge in [-0.2, -0.15) is 0 Å². The molecule has 1 unspecified atom stereocenters. The van der Waals surface area contributed by atoms with E-state index in [2.05, 4.69) is 4.90 Å². The van der Waals surface area contributed by atoms with Gasteiger partial charge in [0.15, 0.2) is 0 Å². The molecule has 0 saturated carbocycles. The molecule has 18 heavy (non-hydrogen) atoms. The van der Waals surface area contributed by atoms with Gasteiger partial charge in [-0.15, -0.1) is 0 Å². The molecule has 4 heteroatoms. The lowest BCUT2D eigenvalue weighted by Gasteiger charge is -2.32. The lowest BCUT2D eigenvalue weighted by molar-refractivity contribution is -0.139. The Hall–Kier alpha value is -1.39. The minimum absolute atomic E-state index is 0.184. The molecule has 1 aromatic carbocycles. The smallest absolute Gasteiger partial charge is 0.312 e. The number of nitrogens with zero attached hydrogens (tertiary/aromatic N) is 1. The fraction of sp³-hybridized carbons (Fsp3) is 0.500. The van der Waals surface area contributed by atoms with Crippen LogP contribution in [0.25, 0.3) is 0 Å². The van der Waals surface area contributed by atoms with E-state index >= 15 is 0 Å². The highest BCUT2D eigenvalue weighted by Gasteiger charge is 2.25. The van der Waals surface area contributed by atoms with E-state index in [4.69, 9.17) is 5.73 Å². The van der Waals surface area contributed by atoms with Crippen LogP contribution in [0.5, 0.6) is 0 Å². The minimum Gasteiger partial charge on any atom is -0.481 e. The number of hydrogen-bond acceptors (Lipinski definition) is 3. The van der Waals surface area contributed by atoms with E-state index in [0.717, 1.165) is 31.5 Å². The Morgan fingerprint density at radius 3 is 2.78 bits per heavy atom. The van der Waals surface area contributed by atoms with Crippen LogP contribution in [0, 0.1) is 0 Å². The van der Waals surface area contributed by atoms with Crippen LogP contribution in [0.1, 0.15) is 24.3 Å². The van der Waals surface area contributed by atoms with E-state index in [0.29, 0.717) is 6.54 Å². The van der Waals surface area contributed by atoms with E-state index in [1.165, 1.54) is 0 Å². The predicted molar refractivity (Wildman–Crippen MR) is 70.5 cm³/mol. The average molecular weight is 248 g/mol. The number of carboxylic acids is 1. The Labute approximate surface area is 107 Å². The number of nitrogens with two attached hydrogens (primary N) is 1. The van der Waals surface area contributed by atoms with Gasteiger partial charge in [0.1, 0.15) is 0 Å². The summed E-state index contributed by atoms with van der Waals surface area (Å²) in [6.07, 6.45) is 2.10. The standard InChI is InChI=1S/C14H20N2O2/c15-12-7-4-8-16(9-12)10-13(14(17)18)11-5-2-1-3-6-11/h1-3,5-6,12-13H,4,7-10,15H2,(H,17,18)/t12-,13?/m1/s1. The van der Waals surface area contributed by atoms with E-state index in [9.17, 15) is 9.90 Å². The molecule has 0 amide bonds. The molecule has 1 aliphatic rings. The summed E-state index contributed by atoms with van der Waals surface area (Å²) in [5, 5.41) is 9.37. The largest absolute Gasteiger partial charge is 0.481 e. The normalized spacial score (nSPS) is 22.6. The molecule has 4 nitrogen and oxygen atoms in total. The van der Waals surface area contributed by atoms with Gasteiger partial charge in [-0.1, -0.05) is 30.3 Å². The highest BCUT2D eigenvalue weighted by molar-refractivity contribution is 5.76. The number of carbonyl (C=O) groups is 1. The molecule has 1 saturated heterocycles. The zero-order chi connectivity index (χ0) is 13.0. The molecule has 1 aliphatic heterocycles. The van der Waals surface area contributed by atoms with Crippen LogP contribution in [0.2, 0.25) is 0 Å². The predicted octanol–water partition coefficient (Wildman–Crippen LogP) is 1.28. The molecule has 0 radical (unpaired) electrons. The zero-order valence-electron chi connectivity index (χ0n) is 10.5. The van der Waals surface area contributed by atoms with E-state index in [1.54, 1.807) is 0 Å². The second-order valence-electron chi connectivity index (χ2n) is 4.96. The van der Waals surface area contributed by atoms with Gasteiger partial charge < -0.3 is 15.7 Å². The summed E-state index contributed by atoms with van der Waals surface area (Å²) in [5.74, 6) is -1.23. The zero-order valence-corrected chi connectivity index (χ0v) is 10.5. The second-order valence-corrected chi connectivity index (χ2v) is 4.96. The van der Waals surface area contributed by atoms with Crippen molar-refractivity contribution in [3.8, 4) is 0 Å². The first-order valence-electron chi connectivity index (χ1n) is 6.42. The van der Waals surface area contributed by atoms with E-state index < -0.39 is 11.9 Å². The molecule has 2 rings (SSSR count). The highest BCUT2D eigenvalue weighted by Crippen LogP contribution is 2.19. The minimum atomic E-state index is -0.764. The quantitative estimate of drug-likeness (QED) is 0.842. The van der Waals surface area contributed by atoms with Crippen molar-refractivity contribution in [1.29, 1.82) is 0 Å². The number of rotatable bonds is 4. The van der Waals surface area contributed by atoms with E-state index in [-0.39, 0.29) is 6.04 Å². The van der Waals surface area contributed by atoms with Crippen molar-refractivity contribution in [1.82, 2.24) is 4.90 Å². The first kappa shape index (κ1) is 13.1. The van der Waals surface area contributed by atoms with Crippen LogP contribution in [-0.2, 0) is 4.79 Å². The lowest BCUT2D eigenvalue weighted by atomic mass is 9.97. The van der Waals surface area contributed by atoms with Gasteiger partial charge in [0, 0.05) is 19.1 Å². The fourth-order valence-electron chi connectivity index (χ4n) is 2.53. The molecular weight excluding hydrogens is 228 g/mol. The van der Waals surface area contributed by atoms with Gasteiger partial charge in [0.25, 0.3) is 0 Å². The Bertz CT molecular complexity index is 394. The third-order valence-electron chi connectivity index (χ3n) is 3.48. The summed E-state index contributed by atoms with van der Waals surface area (Å²) in [5.41, 5.74) is 6.79. The van der Waals surface area contributed by atoms with Crippen LogP contribution in [-0.4, -0.2) is 41.7 Å². The van der Waals surface area contributed by atoms with Crippen LogP contribution < -0.4 is 5.73 Å². The number of aliphatic carboxylic acids is 1. The van der Waals surface area contributed by atoms with Crippen molar-refractivity contribution >= 4 is 5.97 Å². The van der Waals surface area contributed by atoms with Crippen LogP contribution in [0.3, 0.4) is 0 Å². The van der Waals surface area contributed by atoms with Crippen molar-refractivity contribution in [3.05, 3.63) is 35.9 Å². The monoisotopic (exact) mass is 248 g/mol. The first-order chi connectivity index (χ1) is 8.66. The average Bonchev–Trinajstić information content (AvgIpc) is 2.37. The Morgan fingerprint density at radius 2 is 2.17 bits per heavy atom. The fourth-order valence-corrected chi connectivity index (χ4v) is 2.53. The number of carboxylic acid groups (broad SMARTS) is 1. The van der Waals surface area contributed by atoms with Crippen molar-refractivity contribution in [2.75, 3.05) is 19.6 Å². The number of benzene rings is 1. The maximum Gasteiger partial charge on any atom is 0.312 e. The molecule has 2 atom stereocenters. The molecule has 1 aromatic rings.